The van der Waals surface area contributed by atoms with Gasteiger partial charge in [-0.25, -0.2) is 4.99 Å². The molecule has 0 spiro atoms. The molecule has 2 aliphatic rings. The number of halogens is 1. The molecule has 0 fully saturated rings. The van der Waals surface area contributed by atoms with Crippen molar-refractivity contribution in [1.29, 1.82) is 0 Å². The molecule has 0 radical (unpaired) electrons. The van der Waals surface area contributed by atoms with Gasteiger partial charge in [0.2, 0.25) is 0 Å². The van der Waals surface area contributed by atoms with Crippen LogP contribution in [0.3, 0.4) is 0 Å². The molecule has 2 aliphatic heterocycles. The Bertz CT molecular complexity index is 1480. The highest BCUT2D eigenvalue weighted by Crippen LogP contribution is 2.39. The van der Waals surface area contributed by atoms with Crippen molar-refractivity contribution in [3.63, 3.8) is 0 Å². The van der Waals surface area contributed by atoms with Crippen LogP contribution in [0.5, 0.6) is 0 Å². The fourth-order valence-electron chi connectivity index (χ4n) is 4.27. The summed E-state index contributed by atoms with van der Waals surface area (Å²) in [6, 6.07) is 18.5. The number of hydrogen-bond acceptors (Lipinski definition) is 3. The molecular weight excluding hydrogens is 458 g/mol. The van der Waals surface area contributed by atoms with Crippen LogP contribution in [-0.4, -0.2) is 17.8 Å². The van der Waals surface area contributed by atoms with E-state index in [1.54, 1.807) is 12.1 Å². The van der Waals surface area contributed by atoms with Crippen molar-refractivity contribution in [3.05, 3.63) is 71.8 Å². The number of anilines is 3. The summed E-state index contributed by atoms with van der Waals surface area (Å²) in [5, 5.41) is 12.3. The smallest absolute Gasteiger partial charge is 0.256 e. The van der Waals surface area contributed by atoms with E-state index in [0.29, 0.717) is 16.8 Å². The summed E-state index contributed by atoms with van der Waals surface area (Å²) in [5.74, 6) is -0.00438. The molecule has 5 N–H and O–H groups in total. The summed E-state index contributed by atoms with van der Waals surface area (Å²) in [6.07, 6.45) is 0. The number of amides is 2. The van der Waals surface area contributed by atoms with E-state index in [1.165, 1.54) is 0 Å². The molecule has 0 bridgehead atoms. The zero-order valence-electron chi connectivity index (χ0n) is 16.0. The first-order valence-corrected chi connectivity index (χ1v) is 9.45. The lowest BCUT2D eigenvalue weighted by Gasteiger charge is -2.11. The first-order valence-electron chi connectivity index (χ1n) is 9.45. The van der Waals surface area contributed by atoms with E-state index < -0.39 is 0 Å². The van der Waals surface area contributed by atoms with E-state index in [4.69, 9.17) is 5.73 Å². The van der Waals surface area contributed by atoms with E-state index in [9.17, 15) is 9.59 Å². The molecule has 7 nitrogen and oxygen atoms in total. The van der Waals surface area contributed by atoms with Gasteiger partial charge in [-0.2, -0.15) is 0 Å². The first-order chi connectivity index (χ1) is 14.6. The van der Waals surface area contributed by atoms with Gasteiger partial charge >= 0.3 is 0 Å². The standard InChI is InChI=1S/C23H15N5O2.BrH/c24-23(27-15-7-9-17-19-11(15)3-1-5-13(19)21(29)25-17)28-16-8-10-18-20-12(16)4-2-6-14(20)22(30)26-18;/h1-10H,(H,25,29)(H,26,30)(H3,24,27,28);1H. The summed E-state index contributed by atoms with van der Waals surface area (Å²) < 4.78 is 0. The van der Waals surface area contributed by atoms with E-state index >= 15 is 0 Å². The maximum Gasteiger partial charge on any atom is 0.256 e. The maximum absolute atomic E-state index is 12.1. The Morgan fingerprint density at radius 1 is 0.774 bits per heavy atom. The molecule has 2 heterocycles. The van der Waals surface area contributed by atoms with Gasteiger partial charge in [0, 0.05) is 49.7 Å². The Labute approximate surface area is 187 Å². The maximum atomic E-state index is 12.1. The molecule has 31 heavy (non-hydrogen) atoms. The van der Waals surface area contributed by atoms with Gasteiger partial charge in [0.15, 0.2) is 5.96 Å². The molecule has 0 saturated heterocycles. The molecule has 0 unspecified atom stereocenters. The van der Waals surface area contributed by atoms with Crippen LogP contribution in [0.25, 0.3) is 21.5 Å². The number of carbonyl (C=O) groups is 2. The van der Waals surface area contributed by atoms with Crippen molar-refractivity contribution in [2.75, 3.05) is 16.0 Å². The molecule has 2 amide bonds. The van der Waals surface area contributed by atoms with Crippen LogP contribution in [0.4, 0.5) is 22.7 Å². The van der Waals surface area contributed by atoms with Gasteiger partial charge in [0.25, 0.3) is 11.8 Å². The lowest BCUT2D eigenvalue weighted by atomic mass is 10.0. The van der Waals surface area contributed by atoms with Gasteiger partial charge in [-0.05, 0) is 36.4 Å². The number of nitrogens with two attached hydrogens (primary N) is 1. The summed E-state index contributed by atoms with van der Waals surface area (Å²) in [7, 11) is 0. The second-order valence-corrected chi connectivity index (χ2v) is 7.28. The largest absolute Gasteiger partial charge is 0.369 e. The zero-order valence-corrected chi connectivity index (χ0v) is 17.7. The molecule has 4 aromatic carbocycles. The predicted octanol–water partition coefficient (Wildman–Crippen LogP) is 4.76. The average Bonchev–Trinajstić information content (AvgIpc) is 3.25. The minimum absolute atomic E-state index is 0. The molecule has 4 aromatic rings. The minimum Gasteiger partial charge on any atom is -0.369 e. The van der Waals surface area contributed by atoms with Gasteiger partial charge in [-0.1, -0.05) is 24.3 Å². The highest BCUT2D eigenvalue weighted by Gasteiger charge is 2.23. The van der Waals surface area contributed by atoms with E-state index in [2.05, 4.69) is 20.9 Å². The van der Waals surface area contributed by atoms with Gasteiger partial charge < -0.3 is 21.7 Å². The van der Waals surface area contributed by atoms with Crippen LogP contribution in [0.2, 0.25) is 0 Å². The lowest BCUT2D eigenvalue weighted by Crippen LogP contribution is -2.22. The second-order valence-electron chi connectivity index (χ2n) is 7.28. The number of nitrogens with zero attached hydrogens (tertiary/aromatic N) is 1. The van der Waals surface area contributed by atoms with E-state index in [1.807, 2.05) is 48.5 Å². The topological polar surface area (TPSA) is 109 Å². The monoisotopic (exact) mass is 473 g/mol. The number of nitrogens with one attached hydrogen (secondary N) is 3. The third-order valence-electron chi connectivity index (χ3n) is 5.55. The molecule has 0 saturated carbocycles. The van der Waals surface area contributed by atoms with Gasteiger partial charge in [0.1, 0.15) is 0 Å². The Morgan fingerprint density at radius 3 is 2.03 bits per heavy atom. The number of rotatable bonds is 2. The van der Waals surface area contributed by atoms with Gasteiger partial charge in [0.05, 0.1) is 5.69 Å². The molecule has 6 rings (SSSR count). The van der Waals surface area contributed by atoms with Crippen molar-refractivity contribution in [2.24, 2.45) is 10.7 Å². The van der Waals surface area contributed by atoms with Crippen molar-refractivity contribution < 1.29 is 9.59 Å². The third kappa shape index (κ3) is 2.76. The van der Waals surface area contributed by atoms with Crippen molar-refractivity contribution in [3.8, 4) is 0 Å². The fourth-order valence-corrected chi connectivity index (χ4v) is 4.27. The molecule has 0 aliphatic carbocycles. The number of carbonyl (C=O) groups excluding carboxylic acids is 2. The predicted molar refractivity (Wildman–Crippen MR) is 129 cm³/mol. The minimum atomic E-state index is -0.112. The van der Waals surface area contributed by atoms with Crippen LogP contribution < -0.4 is 21.7 Å². The Morgan fingerprint density at radius 2 is 1.35 bits per heavy atom. The second kappa shape index (κ2) is 6.82. The number of guanidine groups is 1. The Hall–Kier alpha value is -3.91. The van der Waals surface area contributed by atoms with E-state index in [-0.39, 0.29) is 34.8 Å². The fraction of sp³-hybridized carbons (Fsp3) is 0. The van der Waals surface area contributed by atoms with Crippen molar-refractivity contribution in [1.82, 2.24) is 0 Å². The third-order valence-corrected chi connectivity index (χ3v) is 5.55. The molecule has 0 aromatic heterocycles. The summed E-state index contributed by atoms with van der Waals surface area (Å²) in [4.78, 5) is 28.8. The van der Waals surface area contributed by atoms with Gasteiger partial charge in [-0.15, -0.1) is 17.0 Å². The van der Waals surface area contributed by atoms with Crippen molar-refractivity contribution in [2.45, 2.75) is 0 Å². The SMILES string of the molecule is Br.NC(=Nc1ccc2c3c(cccc13)C(=O)N2)Nc1ccc2c3c(cccc13)C(=O)N2. The van der Waals surface area contributed by atoms with Crippen LogP contribution in [-0.2, 0) is 0 Å². The Balaban J connectivity index is 0.00000204. The summed E-state index contributed by atoms with van der Waals surface area (Å²) in [6.45, 7) is 0. The summed E-state index contributed by atoms with van der Waals surface area (Å²) >= 11 is 0. The van der Waals surface area contributed by atoms with E-state index in [0.717, 1.165) is 38.6 Å². The molecule has 152 valence electrons. The molecule has 0 atom stereocenters. The highest BCUT2D eigenvalue weighted by molar-refractivity contribution is 8.93. The van der Waals surface area contributed by atoms with Crippen LogP contribution in [0.1, 0.15) is 20.7 Å². The number of benzene rings is 4. The Kier molecular flexibility index (Phi) is 4.19. The van der Waals surface area contributed by atoms with Crippen LogP contribution in [0, 0.1) is 0 Å². The van der Waals surface area contributed by atoms with Crippen LogP contribution in [0.15, 0.2) is 65.7 Å². The van der Waals surface area contributed by atoms with Gasteiger partial charge in [-0.3, -0.25) is 9.59 Å². The number of aliphatic imine (C=N–C) groups is 1. The summed E-state index contributed by atoms with van der Waals surface area (Å²) in [5.41, 5.74) is 10.5. The average molecular weight is 474 g/mol. The first kappa shape index (κ1) is 19.1. The van der Waals surface area contributed by atoms with Crippen molar-refractivity contribution >= 4 is 79.0 Å². The highest BCUT2D eigenvalue weighted by atomic mass is 79.9. The number of hydrogen-bond donors (Lipinski definition) is 4. The molecular formula is C23H16BrN5O2. The van der Waals surface area contributed by atoms with Crippen LogP contribution >= 0.6 is 17.0 Å². The quantitative estimate of drug-likeness (QED) is 0.248. The normalized spacial score (nSPS) is 13.9. The lowest BCUT2D eigenvalue weighted by molar-refractivity contribution is 0.102. The molecule has 8 heteroatoms. The zero-order chi connectivity index (χ0) is 20.4.